The summed E-state index contributed by atoms with van der Waals surface area (Å²) in [6.45, 7) is 2.34. The average Bonchev–Trinajstić information content (AvgIpc) is 2.68. The molecule has 3 rings (SSSR count). The third-order valence-corrected chi connectivity index (χ3v) is 5.11. The fourth-order valence-electron chi connectivity index (χ4n) is 3.13. The van der Waals surface area contributed by atoms with Crippen molar-refractivity contribution in [3.8, 4) is 0 Å². The topological polar surface area (TPSA) is 62.6 Å². The third kappa shape index (κ3) is 4.26. The predicted octanol–water partition coefficient (Wildman–Crippen LogP) is 4.04. The van der Waals surface area contributed by atoms with Crippen LogP contribution in [0.3, 0.4) is 0 Å². The van der Waals surface area contributed by atoms with Crippen LogP contribution in [0.25, 0.3) is 11.0 Å². The molecule has 0 aliphatic carbocycles. The van der Waals surface area contributed by atoms with Gasteiger partial charge in [0, 0.05) is 17.6 Å². The van der Waals surface area contributed by atoms with Gasteiger partial charge in [-0.25, -0.2) is 0 Å². The second-order valence-corrected chi connectivity index (χ2v) is 7.28. The van der Waals surface area contributed by atoms with E-state index >= 15 is 0 Å². The van der Waals surface area contributed by atoms with Crippen molar-refractivity contribution in [3.05, 3.63) is 80.7 Å². The molecule has 0 radical (unpaired) electrons. The number of amides is 1. The van der Waals surface area contributed by atoms with Gasteiger partial charge in [-0.1, -0.05) is 42.8 Å². The molecular weight excluding hydrogens is 376 g/mol. The van der Waals surface area contributed by atoms with Gasteiger partial charge >= 0.3 is 0 Å². The van der Waals surface area contributed by atoms with Crippen LogP contribution in [-0.4, -0.2) is 31.4 Å². The van der Waals surface area contributed by atoms with E-state index in [-0.39, 0.29) is 17.2 Å². The zero-order chi connectivity index (χ0) is 20.3. The van der Waals surface area contributed by atoms with E-state index in [1.54, 1.807) is 6.07 Å². The maximum atomic E-state index is 12.6. The first-order valence-corrected chi connectivity index (χ1v) is 9.54. The molecule has 6 heteroatoms. The molecule has 0 aliphatic rings. The summed E-state index contributed by atoms with van der Waals surface area (Å²) in [5.74, 6) is -0.434. The van der Waals surface area contributed by atoms with Crippen LogP contribution >= 0.6 is 11.6 Å². The van der Waals surface area contributed by atoms with Gasteiger partial charge < -0.3 is 14.6 Å². The minimum atomic E-state index is -0.433. The summed E-state index contributed by atoms with van der Waals surface area (Å²) in [6.07, 6.45) is 0.825. The Hall–Kier alpha value is -2.63. The van der Waals surface area contributed by atoms with Crippen LogP contribution in [0, 0.1) is 0 Å². The second-order valence-electron chi connectivity index (χ2n) is 6.87. The van der Waals surface area contributed by atoms with E-state index in [0.29, 0.717) is 22.5 Å². The molecule has 2 aromatic carbocycles. The number of fused-ring (bicyclic) bond motifs is 1. The van der Waals surface area contributed by atoms with Crippen molar-refractivity contribution in [1.82, 2.24) is 10.2 Å². The molecule has 0 aliphatic heterocycles. The predicted molar refractivity (Wildman–Crippen MR) is 112 cm³/mol. The van der Waals surface area contributed by atoms with Gasteiger partial charge in [-0.15, -0.1) is 0 Å². The Labute approximate surface area is 168 Å². The maximum Gasteiger partial charge on any atom is 0.287 e. The fraction of sp³-hybridized carbons (Fsp3) is 0.273. The monoisotopic (exact) mass is 398 g/mol. The minimum Gasteiger partial charge on any atom is -0.451 e. The van der Waals surface area contributed by atoms with Crippen molar-refractivity contribution in [1.29, 1.82) is 0 Å². The van der Waals surface area contributed by atoms with Crippen LogP contribution in [0.4, 0.5) is 0 Å². The van der Waals surface area contributed by atoms with E-state index in [0.717, 1.165) is 17.5 Å². The van der Waals surface area contributed by atoms with Gasteiger partial charge in [0.25, 0.3) is 5.91 Å². The van der Waals surface area contributed by atoms with Crippen LogP contribution in [0.15, 0.2) is 57.7 Å². The SMILES string of the molecule is CCc1ccc2oc(C(=O)NCC(c3ccccc3Cl)N(C)C)cc(=O)c2c1. The van der Waals surface area contributed by atoms with E-state index in [1.807, 2.05) is 62.3 Å². The van der Waals surface area contributed by atoms with Gasteiger partial charge in [-0.05, 0) is 49.8 Å². The Bertz CT molecular complexity index is 1060. The highest BCUT2D eigenvalue weighted by Crippen LogP contribution is 2.25. The molecule has 1 amide bonds. The number of carbonyl (C=O) groups excluding carboxylic acids is 1. The quantitative estimate of drug-likeness (QED) is 0.680. The lowest BCUT2D eigenvalue weighted by Crippen LogP contribution is -2.35. The average molecular weight is 399 g/mol. The van der Waals surface area contributed by atoms with Gasteiger partial charge in [-0.2, -0.15) is 0 Å². The number of nitrogens with zero attached hydrogens (tertiary/aromatic N) is 1. The first-order valence-electron chi connectivity index (χ1n) is 9.16. The lowest BCUT2D eigenvalue weighted by Gasteiger charge is -2.25. The number of hydrogen-bond donors (Lipinski definition) is 1. The standard InChI is InChI=1S/C22H23ClN2O3/c1-4-14-9-10-20-16(11-14)19(26)12-21(28-20)22(27)24-13-18(25(2)3)15-7-5-6-8-17(15)23/h5-12,18H,4,13H2,1-3H3,(H,24,27). The zero-order valence-corrected chi connectivity index (χ0v) is 16.9. The van der Waals surface area contributed by atoms with E-state index in [1.165, 1.54) is 6.07 Å². The molecular formula is C22H23ClN2O3. The summed E-state index contributed by atoms with van der Waals surface area (Å²) < 4.78 is 5.67. The molecule has 1 aromatic heterocycles. The molecule has 1 heterocycles. The molecule has 0 saturated heterocycles. The molecule has 0 saturated carbocycles. The molecule has 1 N–H and O–H groups in total. The van der Waals surface area contributed by atoms with Crippen LogP contribution in [0.5, 0.6) is 0 Å². The molecule has 3 aromatic rings. The highest BCUT2D eigenvalue weighted by Gasteiger charge is 2.19. The van der Waals surface area contributed by atoms with Crippen LogP contribution in [0.1, 0.15) is 34.6 Å². The van der Waals surface area contributed by atoms with Crippen molar-refractivity contribution >= 4 is 28.5 Å². The highest BCUT2D eigenvalue weighted by molar-refractivity contribution is 6.31. The number of aryl methyl sites for hydroxylation is 1. The van der Waals surface area contributed by atoms with E-state index in [9.17, 15) is 9.59 Å². The first kappa shape index (κ1) is 20.1. The minimum absolute atomic E-state index is 0.00147. The van der Waals surface area contributed by atoms with E-state index in [4.69, 9.17) is 16.0 Å². The van der Waals surface area contributed by atoms with Crippen LogP contribution < -0.4 is 10.7 Å². The summed E-state index contributed by atoms with van der Waals surface area (Å²) in [5, 5.41) is 3.97. The number of carbonyl (C=O) groups is 1. The number of hydrogen-bond acceptors (Lipinski definition) is 4. The molecule has 1 atom stereocenters. The van der Waals surface area contributed by atoms with Gasteiger partial charge in [0.05, 0.1) is 11.4 Å². The van der Waals surface area contributed by atoms with Crippen LogP contribution in [-0.2, 0) is 6.42 Å². The van der Waals surface area contributed by atoms with Crippen molar-refractivity contribution in [2.24, 2.45) is 0 Å². The number of benzene rings is 2. The van der Waals surface area contributed by atoms with E-state index in [2.05, 4.69) is 5.32 Å². The summed E-state index contributed by atoms with van der Waals surface area (Å²) in [7, 11) is 3.84. The lowest BCUT2D eigenvalue weighted by atomic mass is 10.1. The Balaban J connectivity index is 1.82. The van der Waals surface area contributed by atoms with Crippen molar-refractivity contribution in [3.63, 3.8) is 0 Å². The molecule has 1 unspecified atom stereocenters. The summed E-state index contributed by atoms with van der Waals surface area (Å²) in [6, 6.07) is 14.1. The molecule has 0 bridgehead atoms. The smallest absolute Gasteiger partial charge is 0.287 e. The molecule has 0 fully saturated rings. The van der Waals surface area contributed by atoms with Gasteiger partial charge in [-0.3, -0.25) is 9.59 Å². The molecule has 5 nitrogen and oxygen atoms in total. The largest absolute Gasteiger partial charge is 0.451 e. The lowest BCUT2D eigenvalue weighted by molar-refractivity contribution is 0.0914. The molecule has 28 heavy (non-hydrogen) atoms. The number of nitrogens with one attached hydrogen (secondary N) is 1. The van der Waals surface area contributed by atoms with Gasteiger partial charge in [0.2, 0.25) is 0 Å². The third-order valence-electron chi connectivity index (χ3n) is 4.77. The van der Waals surface area contributed by atoms with Crippen LogP contribution in [0.2, 0.25) is 5.02 Å². The zero-order valence-electron chi connectivity index (χ0n) is 16.2. The summed E-state index contributed by atoms with van der Waals surface area (Å²) in [4.78, 5) is 27.0. The van der Waals surface area contributed by atoms with Crippen molar-refractivity contribution in [2.75, 3.05) is 20.6 Å². The van der Waals surface area contributed by atoms with Crippen molar-refractivity contribution < 1.29 is 9.21 Å². The first-order chi connectivity index (χ1) is 13.4. The highest BCUT2D eigenvalue weighted by atomic mass is 35.5. The Morgan fingerprint density at radius 3 is 2.61 bits per heavy atom. The van der Waals surface area contributed by atoms with Gasteiger partial charge in [0.15, 0.2) is 11.2 Å². The second kappa shape index (κ2) is 8.59. The molecule has 146 valence electrons. The van der Waals surface area contributed by atoms with Gasteiger partial charge in [0.1, 0.15) is 5.58 Å². The fourth-order valence-corrected chi connectivity index (χ4v) is 3.39. The maximum absolute atomic E-state index is 12.6. The molecule has 0 spiro atoms. The summed E-state index contributed by atoms with van der Waals surface area (Å²) in [5.41, 5.74) is 2.15. The van der Waals surface area contributed by atoms with Crippen molar-refractivity contribution in [2.45, 2.75) is 19.4 Å². The number of likely N-dealkylation sites (N-methyl/N-ethyl adjacent to an activating group) is 1. The Morgan fingerprint density at radius 2 is 1.93 bits per heavy atom. The normalized spacial score (nSPS) is 12.3. The Morgan fingerprint density at radius 1 is 1.18 bits per heavy atom. The summed E-state index contributed by atoms with van der Waals surface area (Å²) >= 11 is 6.31. The Kier molecular flexibility index (Phi) is 6.17. The van der Waals surface area contributed by atoms with E-state index < -0.39 is 5.91 Å². The number of rotatable bonds is 6. The number of halogens is 1.